The number of carbonyl (C=O) groups excluding carboxylic acids is 2. The van der Waals surface area contributed by atoms with Gasteiger partial charge >= 0.3 is 12.1 Å². The van der Waals surface area contributed by atoms with E-state index in [1.807, 2.05) is 0 Å². The SMILES string of the molecule is COC(=O)[C@]1(N=[N+]=[N-])CCCN1C(=O)OC(C)(C)C. The largest absolute Gasteiger partial charge is 0.467 e. The first kappa shape index (κ1) is 15.1. The van der Waals surface area contributed by atoms with Gasteiger partial charge in [-0.15, -0.1) is 0 Å². The molecule has 1 amide bonds. The number of amides is 1. The van der Waals surface area contributed by atoms with Gasteiger partial charge in [-0.3, -0.25) is 4.90 Å². The Kier molecular flexibility index (Phi) is 4.26. The van der Waals surface area contributed by atoms with E-state index in [2.05, 4.69) is 14.8 Å². The highest BCUT2D eigenvalue weighted by molar-refractivity contribution is 5.86. The van der Waals surface area contributed by atoms with Gasteiger partial charge in [-0.25, -0.2) is 9.59 Å². The molecule has 106 valence electrons. The smallest absolute Gasteiger partial charge is 0.411 e. The van der Waals surface area contributed by atoms with Crippen LogP contribution >= 0.6 is 0 Å². The summed E-state index contributed by atoms with van der Waals surface area (Å²) in [5, 5.41) is 3.49. The van der Waals surface area contributed by atoms with Crippen molar-refractivity contribution in [1.82, 2.24) is 4.90 Å². The number of rotatable bonds is 2. The lowest BCUT2D eigenvalue weighted by Gasteiger charge is -2.33. The van der Waals surface area contributed by atoms with Crippen molar-refractivity contribution in [2.24, 2.45) is 5.11 Å². The number of azide groups is 1. The second-order valence-electron chi connectivity index (χ2n) is 5.23. The molecule has 0 aromatic rings. The van der Waals surface area contributed by atoms with Crippen LogP contribution in [0.1, 0.15) is 33.6 Å². The number of hydrogen-bond acceptors (Lipinski definition) is 5. The molecule has 8 heteroatoms. The summed E-state index contributed by atoms with van der Waals surface area (Å²) in [7, 11) is 1.18. The molecule has 8 nitrogen and oxygen atoms in total. The van der Waals surface area contributed by atoms with Crippen LogP contribution in [0.3, 0.4) is 0 Å². The Morgan fingerprint density at radius 1 is 1.42 bits per heavy atom. The fourth-order valence-corrected chi connectivity index (χ4v) is 1.96. The van der Waals surface area contributed by atoms with Crippen molar-refractivity contribution in [2.45, 2.75) is 44.9 Å². The molecule has 0 unspecified atom stereocenters. The first-order chi connectivity index (χ1) is 8.77. The molecular formula is C11H18N4O4. The Hall–Kier alpha value is -1.95. The van der Waals surface area contributed by atoms with Crippen LogP contribution in [-0.4, -0.2) is 41.9 Å². The van der Waals surface area contributed by atoms with Gasteiger partial charge in [0.1, 0.15) is 5.60 Å². The van der Waals surface area contributed by atoms with Gasteiger partial charge in [0, 0.05) is 11.5 Å². The van der Waals surface area contributed by atoms with Crippen molar-refractivity contribution >= 4 is 12.1 Å². The van der Waals surface area contributed by atoms with E-state index >= 15 is 0 Å². The van der Waals surface area contributed by atoms with Gasteiger partial charge in [0.15, 0.2) is 0 Å². The molecule has 0 saturated carbocycles. The number of nitrogens with zero attached hydrogens (tertiary/aromatic N) is 4. The van der Waals surface area contributed by atoms with Gasteiger partial charge in [0.25, 0.3) is 0 Å². The summed E-state index contributed by atoms with van der Waals surface area (Å²) >= 11 is 0. The summed E-state index contributed by atoms with van der Waals surface area (Å²) in [6, 6.07) is 0. The molecule has 0 aromatic carbocycles. The van der Waals surface area contributed by atoms with E-state index in [0.717, 1.165) is 4.90 Å². The fraction of sp³-hybridized carbons (Fsp3) is 0.818. The van der Waals surface area contributed by atoms with Gasteiger partial charge in [0.2, 0.25) is 5.66 Å². The van der Waals surface area contributed by atoms with Gasteiger partial charge in [-0.05, 0) is 39.1 Å². The Bertz CT molecular complexity index is 425. The lowest BCUT2D eigenvalue weighted by Crippen LogP contribution is -2.53. The quantitative estimate of drug-likeness (QED) is 0.332. The standard InChI is InChI=1S/C11H18N4O4/c1-10(2,3)19-9(17)15-7-5-6-11(15,13-14-12)8(16)18-4/h5-7H2,1-4H3/t11-/m0/s1. The van der Waals surface area contributed by atoms with Crippen LogP contribution in [0.4, 0.5) is 4.79 Å². The third-order valence-corrected chi connectivity index (χ3v) is 2.69. The third-order valence-electron chi connectivity index (χ3n) is 2.69. The summed E-state index contributed by atoms with van der Waals surface area (Å²) < 4.78 is 9.86. The average Bonchev–Trinajstić information content (AvgIpc) is 2.71. The molecule has 1 heterocycles. The maximum absolute atomic E-state index is 12.1. The van der Waals surface area contributed by atoms with Crippen LogP contribution in [0.15, 0.2) is 5.11 Å². The van der Waals surface area contributed by atoms with E-state index in [0.29, 0.717) is 6.42 Å². The minimum Gasteiger partial charge on any atom is -0.467 e. The van der Waals surface area contributed by atoms with Crippen molar-refractivity contribution in [3.8, 4) is 0 Å². The Balaban J connectivity index is 3.07. The summed E-state index contributed by atoms with van der Waals surface area (Å²) in [4.78, 5) is 27.7. The van der Waals surface area contributed by atoms with Crippen LogP contribution in [0.2, 0.25) is 0 Å². The van der Waals surface area contributed by atoms with Crippen LogP contribution < -0.4 is 0 Å². The van der Waals surface area contributed by atoms with E-state index < -0.39 is 23.3 Å². The Morgan fingerprint density at radius 3 is 2.53 bits per heavy atom. The van der Waals surface area contributed by atoms with Gasteiger partial charge in [-0.1, -0.05) is 5.11 Å². The molecule has 0 N–H and O–H groups in total. The van der Waals surface area contributed by atoms with E-state index in [-0.39, 0.29) is 13.0 Å². The third kappa shape index (κ3) is 3.08. The zero-order valence-electron chi connectivity index (χ0n) is 11.5. The number of ether oxygens (including phenoxy) is 2. The predicted octanol–water partition coefficient (Wildman–Crippen LogP) is 2.20. The number of carbonyl (C=O) groups is 2. The molecule has 0 aliphatic carbocycles. The zero-order chi connectivity index (χ0) is 14.7. The Labute approximate surface area is 111 Å². The second kappa shape index (κ2) is 5.36. The molecular weight excluding hydrogens is 252 g/mol. The molecule has 19 heavy (non-hydrogen) atoms. The fourth-order valence-electron chi connectivity index (χ4n) is 1.96. The second-order valence-corrected chi connectivity index (χ2v) is 5.23. The molecule has 1 aliphatic rings. The Morgan fingerprint density at radius 2 is 2.05 bits per heavy atom. The van der Waals surface area contributed by atoms with Crippen molar-refractivity contribution < 1.29 is 19.1 Å². The monoisotopic (exact) mass is 270 g/mol. The van der Waals surface area contributed by atoms with Crippen molar-refractivity contribution in [3.63, 3.8) is 0 Å². The number of methoxy groups -OCH3 is 1. The highest BCUT2D eigenvalue weighted by Gasteiger charge is 2.51. The number of hydrogen-bond donors (Lipinski definition) is 0. The lowest BCUT2D eigenvalue weighted by atomic mass is 10.1. The van der Waals surface area contributed by atoms with E-state index in [9.17, 15) is 9.59 Å². The van der Waals surface area contributed by atoms with Gasteiger partial charge < -0.3 is 9.47 Å². The lowest BCUT2D eigenvalue weighted by molar-refractivity contribution is -0.152. The molecule has 1 atom stereocenters. The van der Waals surface area contributed by atoms with Gasteiger partial charge in [-0.2, -0.15) is 0 Å². The van der Waals surface area contributed by atoms with Crippen molar-refractivity contribution in [1.29, 1.82) is 0 Å². The zero-order valence-corrected chi connectivity index (χ0v) is 11.5. The van der Waals surface area contributed by atoms with Crippen LogP contribution in [0.5, 0.6) is 0 Å². The predicted molar refractivity (Wildman–Crippen MR) is 66.1 cm³/mol. The highest BCUT2D eigenvalue weighted by Crippen LogP contribution is 2.33. The minimum absolute atomic E-state index is 0.225. The molecule has 1 saturated heterocycles. The summed E-state index contributed by atoms with van der Waals surface area (Å²) in [6.45, 7) is 5.43. The normalized spacial score (nSPS) is 22.6. The van der Waals surface area contributed by atoms with E-state index in [1.165, 1.54) is 7.11 Å². The maximum atomic E-state index is 12.1. The molecule has 0 radical (unpaired) electrons. The van der Waals surface area contributed by atoms with Crippen molar-refractivity contribution in [2.75, 3.05) is 13.7 Å². The summed E-state index contributed by atoms with van der Waals surface area (Å²) in [5.74, 6) is -0.756. The first-order valence-electron chi connectivity index (χ1n) is 5.92. The highest BCUT2D eigenvalue weighted by atomic mass is 16.6. The molecule has 0 spiro atoms. The topological polar surface area (TPSA) is 105 Å². The minimum atomic E-state index is -1.63. The van der Waals surface area contributed by atoms with E-state index in [1.54, 1.807) is 20.8 Å². The summed E-state index contributed by atoms with van der Waals surface area (Å²) in [5.41, 5.74) is 6.31. The van der Waals surface area contributed by atoms with Crippen LogP contribution in [-0.2, 0) is 14.3 Å². The van der Waals surface area contributed by atoms with Crippen LogP contribution in [0.25, 0.3) is 10.4 Å². The molecule has 0 aromatic heterocycles. The number of esters is 1. The van der Waals surface area contributed by atoms with Crippen molar-refractivity contribution in [3.05, 3.63) is 10.4 Å². The average molecular weight is 270 g/mol. The first-order valence-corrected chi connectivity index (χ1v) is 5.92. The number of likely N-dealkylation sites (tertiary alicyclic amines) is 1. The molecule has 0 bridgehead atoms. The van der Waals surface area contributed by atoms with E-state index in [4.69, 9.17) is 10.3 Å². The maximum Gasteiger partial charge on any atom is 0.411 e. The molecule has 1 rings (SSSR count). The molecule has 1 aliphatic heterocycles. The van der Waals surface area contributed by atoms with Gasteiger partial charge in [0.05, 0.1) is 7.11 Å². The van der Waals surface area contributed by atoms with Crippen LogP contribution in [0, 0.1) is 0 Å². The molecule has 1 fully saturated rings. The summed E-state index contributed by atoms with van der Waals surface area (Å²) in [6.07, 6.45) is 0.0684.